The summed E-state index contributed by atoms with van der Waals surface area (Å²) in [6, 6.07) is 0. The van der Waals surface area contributed by atoms with Crippen molar-refractivity contribution in [3.63, 3.8) is 0 Å². The molecule has 1 atom stereocenters. The first-order valence-corrected chi connectivity index (χ1v) is 6.52. The molecule has 0 aliphatic heterocycles. The van der Waals surface area contributed by atoms with Crippen LogP contribution in [-0.4, -0.2) is 19.5 Å². The molecule has 1 saturated carbocycles. The molecule has 0 heterocycles. The summed E-state index contributed by atoms with van der Waals surface area (Å²) in [5.41, 5.74) is 0. The molecule has 0 saturated heterocycles. The Bertz CT molecular complexity index is 147. The fraction of sp³-hybridized carbons (Fsp3) is 1.00. The lowest BCUT2D eigenvalue weighted by Gasteiger charge is -2.32. The van der Waals surface area contributed by atoms with E-state index < -0.39 is 0 Å². The molecule has 0 aromatic rings. The fourth-order valence-corrected chi connectivity index (χ4v) is 2.56. The first kappa shape index (κ1) is 13.0. The molecule has 0 spiro atoms. The average Bonchev–Trinajstić information content (AvgIpc) is 2.29. The van der Waals surface area contributed by atoms with E-state index in [1.54, 1.807) is 0 Å². The number of rotatable bonds is 6. The standard InChI is InChI=1S/C13H26O2/c1-4-14-13(15-5-2)11(3)12-9-7-6-8-10-12/h11-13H,4-10H2,1-3H3. The highest BCUT2D eigenvalue weighted by Gasteiger charge is 2.27. The van der Waals surface area contributed by atoms with Crippen LogP contribution in [0.1, 0.15) is 52.9 Å². The maximum absolute atomic E-state index is 5.68. The van der Waals surface area contributed by atoms with Gasteiger partial charge in [-0.3, -0.25) is 0 Å². The fourth-order valence-electron chi connectivity index (χ4n) is 2.56. The molecular formula is C13H26O2. The van der Waals surface area contributed by atoms with E-state index in [0.29, 0.717) is 5.92 Å². The first-order valence-electron chi connectivity index (χ1n) is 6.52. The van der Waals surface area contributed by atoms with Gasteiger partial charge in [-0.05, 0) is 19.8 Å². The molecule has 0 radical (unpaired) electrons. The molecule has 1 unspecified atom stereocenters. The van der Waals surface area contributed by atoms with Crippen molar-refractivity contribution < 1.29 is 9.47 Å². The molecule has 0 bridgehead atoms. The Balaban J connectivity index is 2.41. The summed E-state index contributed by atoms with van der Waals surface area (Å²) in [7, 11) is 0. The Morgan fingerprint density at radius 1 is 1.00 bits per heavy atom. The van der Waals surface area contributed by atoms with Gasteiger partial charge in [0, 0.05) is 19.1 Å². The minimum Gasteiger partial charge on any atom is -0.353 e. The van der Waals surface area contributed by atoms with Gasteiger partial charge in [0.25, 0.3) is 0 Å². The highest BCUT2D eigenvalue weighted by atomic mass is 16.7. The van der Waals surface area contributed by atoms with Crippen LogP contribution in [0.4, 0.5) is 0 Å². The molecule has 2 heteroatoms. The maximum atomic E-state index is 5.68. The van der Waals surface area contributed by atoms with Crippen LogP contribution < -0.4 is 0 Å². The van der Waals surface area contributed by atoms with Gasteiger partial charge in [-0.25, -0.2) is 0 Å². The van der Waals surface area contributed by atoms with Crippen molar-refractivity contribution in [2.75, 3.05) is 13.2 Å². The summed E-state index contributed by atoms with van der Waals surface area (Å²) in [6.45, 7) is 7.87. The molecular weight excluding hydrogens is 188 g/mol. The topological polar surface area (TPSA) is 18.5 Å². The minimum atomic E-state index is 0.0168. The predicted octanol–water partition coefficient (Wildman–Crippen LogP) is 3.60. The second-order valence-corrected chi connectivity index (χ2v) is 4.54. The molecule has 1 rings (SSSR count). The van der Waals surface area contributed by atoms with Gasteiger partial charge in [-0.1, -0.05) is 39.0 Å². The highest BCUT2D eigenvalue weighted by Crippen LogP contribution is 2.32. The second-order valence-electron chi connectivity index (χ2n) is 4.54. The summed E-state index contributed by atoms with van der Waals surface area (Å²) in [4.78, 5) is 0. The summed E-state index contributed by atoms with van der Waals surface area (Å²) in [5.74, 6) is 1.35. The van der Waals surface area contributed by atoms with E-state index in [0.717, 1.165) is 19.1 Å². The van der Waals surface area contributed by atoms with Crippen LogP contribution in [0.25, 0.3) is 0 Å². The molecule has 90 valence electrons. The molecule has 0 aromatic heterocycles. The van der Waals surface area contributed by atoms with Gasteiger partial charge in [-0.15, -0.1) is 0 Å². The zero-order valence-electron chi connectivity index (χ0n) is 10.5. The zero-order valence-corrected chi connectivity index (χ0v) is 10.5. The van der Waals surface area contributed by atoms with Gasteiger partial charge < -0.3 is 9.47 Å². The molecule has 0 N–H and O–H groups in total. The van der Waals surface area contributed by atoms with Crippen molar-refractivity contribution in [2.24, 2.45) is 11.8 Å². The Hall–Kier alpha value is -0.0800. The number of hydrogen-bond acceptors (Lipinski definition) is 2. The monoisotopic (exact) mass is 214 g/mol. The van der Waals surface area contributed by atoms with E-state index in [-0.39, 0.29) is 6.29 Å². The average molecular weight is 214 g/mol. The second kappa shape index (κ2) is 7.24. The lowest BCUT2D eigenvalue weighted by atomic mass is 9.80. The van der Waals surface area contributed by atoms with Crippen molar-refractivity contribution in [3.8, 4) is 0 Å². The van der Waals surface area contributed by atoms with Gasteiger partial charge in [0.05, 0.1) is 0 Å². The Morgan fingerprint density at radius 3 is 2.00 bits per heavy atom. The number of ether oxygens (including phenoxy) is 2. The number of hydrogen-bond donors (Lipinski definition) is 0. The van der Waals surface area contributed by atoms with E-state index in [1.807, 2.05) is 13.8 Å². The van der Waals surface area contributed by atoms with Crippen LogP contribution in [0.2, 0.25) is 0 Å². The Morgan fingerprint density at radius 2 is 1.53 bits per heavy atom. The lowest BCUT2D eigenvalue weighted by molar-refractivity contribution is -0.175. The summed E-state index contributed by atoms with van der Waals surface area (Å²) in [6.07, 6.45) is 6.93. The molecule has 1 aliphatic carbocycles. The zero-order chi connectivity index (χ0) is 11.1. The largest absolute Gasteiger partial charge is 0.353 e. The van der Waals surface area contributed by atoms with Crippen molar-refractivity contribution in [1.82, 2.24) is 0 Å². The maximum Gasteiger partial charge on any atom is 0.160 e. The van der Waals surface area contributed by atoms with E-state index in [9.17, 15) is 0 Å². The molecule has 0 amide bonds. The first-order chi connectivity index (χ1) is 7.29. The summed E-state index contributed by atoms with van der Waals surface area (Å²) >= 11 is 0. The van der Waals surface area contributed by atoms with Crippen molar-refractivity contribution >= 4 is 0 Å². The third kappa shape index (κ3) is 4.12. The van der Waals surface area contributed by atoms with Gasteiger partial charge in [0.2, 0.25) is 0 Å². The van der Waals surface area contributed by atoms with E-state index in [2.05, 4.69) is 6.92 Å². The van der Waals surface area contributed by atoms with Crippen LogP contribution in [-0.2, 0) is 9.47 Å². The van der Waals surface area contributed by atoms with Gasteiger partial charge in [0.15, 0.2) is 6.29 Å². The van der Waals surface area contributed by atoms with E-state index in [1.165, 1.54) is 32.1 Å². The van der Waals surface area contributed by atoms with Crippen LogP contribution in [0.3, 0.4) is 0 Å². The smallest absolute Gasteiger partial charge is 0.160 e. The molecule has 15 heavy (non-hydrogen) atoms. The summed E-state index contributed by atoms with van der Waals surface area (Å²) < 4.78 is 11.4. The van der Waals surface area contributed by atoms with Crippen LogP contribution in [0, 0.1) is 11.8 Å². The molecule has 2 nitrogen and oxygen atoms in total. The van der Waals surface area contributed by atoms with Crippen LogP contribution in [0.15, 0.2) is 0 Å². The normalized spacial score (nSPS) is 20.8. The SMILES string of the molecule is CCOC(OCC)C(C)C1CCCCC1. The third-order valence-electron chi connectivity index (χ3n) is 3.48. The third-order valence-corrected chi connectivity index (χ3v) is 3.48. The van der Waals surface area contributed by atoms with Gasteiger partial charge >= 0.3 is 0 Å². The van der Waals surface area contributed by atoms with Crippen LogP contribution >= 0.6 is 0 Å². The Kier molecular flexibility index (Phi) is 6.26. The molecule has 1 fully saturated rings. The summed E-state index contributed by atoms with van der Waals surface area (Å²) in [5, 5.41) is 0. The predicted molar refractivity (Wildman–Crippen MR) is 62.8 cm³/mol. The van der Waals surface area contributed by atoms with Crippen molar-refractivity contribution in [2.45, 2.75) is 59.2 Å². The Labute approximate surface area is 94.3 Å². The van der Waals surface area contributed by atoms with Crippen molar-refractivity contribution in [1.29, 1.82) is 0 Å². The molecule has 1 aliphatic rings. The van der Waals surface area contributed by atoms with Gasteiger partial charge in [0.1, 0.15) is 0 Å². The minimum absolute atomic E-state index is 0.0168. The molecule has 0 aromatic carbocycles. The lowest BCUT2D eigenvalue weighted by Crippen LogP contribution is -2.32. The van der Waals surface area contributed by atoms with Gasteiger partial charge in [-0.2, -0.15) is 0 Å². The van der Waals surface area contributed by atoms with Crippen molar-refractivity contribution in [3.05, 3.63) is 0 Å². The van der Waals surface area contributed by atoms with E-state index in [4.69, 9.17) is 9.47 Å². The van der Waals surface area contributed by atoms with E-state index >= 15 is 0 Å². The van der Waals surface area contributed by atoms with Crippen LogP contribution in [0.5, 0.6) is 0 Å². The quantitative estimate of drug-likeness (QED) is 0.629. The highest BCUT2D eigenvalue weighted by molar-refractivity contribution is 4.73.